The Morgan fingerprint density at radius 1 is 1.28 bits per heavy atom. The van der Waals surface area contributed by atoms with E-state index in [-0.39, 0.29) is 6.10 Å². The molecule has 3 aliphatic heterocycles. The molecule has 18 heavy (non-hydrogen) atoms. The van der Waals surface area contributed by atoms with Crippen LogP contribution in [-0.4, -0.2) is 46.0 Å². The first kappa shape index (κ1) is 12.2. The van der Waals surface area contributed by atoms with E-state index in [1.165, 1.54) is 25.9 Å². The standard InChI is InChI=1S/C12H19N3O2S/c1-2-7-16-11-12(14-18-13-11)17-10-8-15-5-3-9(10)4-6-15/h9-10H,2-8H2,1H3/t10-/m1/s1. The molecule has 1 aromatic heterocycles. The largest absolute Gasteiger partial charge is 0.473 e. The summed E-state index contributed by atoms with van der Waals surface area (Å²) in [5, 5.41) is 0. The van der Waals surface area contributed by atoms with E-state index in [2.05, 4.69) is 20.6 Å². The number of ether oxygens (including phenoxy) is 2. The van der Waals surface area contributed by atoms with Gasteiger partial charge in [-0.1, -0.05) is 6.92 Å². The van der Waals surface area contributed by atoms with Crippen LogP contribution < -0.4 is 9.47 Å². The van der Waals surface area contributed by atoms with Crippen LogP contribution in [0.2, 0.25) is 0 Å². The predicted molar refractivity (Wildman–Crippen MR) is 69.3 cm³/mol. The molecule has 1 atom stereocenters. The van der Waals surface area contributed by atoms with Gasteiger partial charge in [0.25, 0.3) is 11.8 Å². The lowest BCUT2D eigenvalue weighted by atomic mass is 9.86. The molecule has 3 saturated heterocycles. The minimum Gasteiger partial charge on any atom is -0.473 e. The van der Waals surface area contributed by atoms with Crippen molar-refractivity contribution in [3.63, 3.8) is 0 Å². The molecule has 1 aromatic rings. The molecule has 6 heteroatoms. The van der Waals surface area contributed by atoms with Gasteiger partial charge in [0, 0.05) is 6.54 Å². The van der Waals surface area contributed by atoms with Gasteiger partial charge in [0.2, 0.25) is 0 Å². The third-order valence-electron chi connectivity index (χ3n) is 3.73. The molecule has 0 radical (unpaired) electrons. The first-order valence-corrected chi connectivity index (χ1v) is 7.44. The van der Waals surface area contributed by atoms with E-state index in [4.69, 9.17) is 9.47 Å². The lowest BCUT2D eigenvalue weighted by Gasteiger charge is -2.43. The third-order valence-corrected chi connectivity index (χ3v) is 4.23. The predicted octanol–water partition coefficient (Wildman–Crippen LogP) is 1.80. The summed E-state index contributed by atoms with van der Waals surface area (Å²) in [6.45, 7) is 6.21. The van der Waals surface area contributed by atoms with Gasteiger partial charge in [0.05, 0.1) is 18.3 Å². The van der Waals surface area contributed by atoms with E-state index in [0.717, 1.165) is 24.7 Å². The summed E-state index contributed by atoms with van der Waals surface area (Å²) in [5.41, 5.74) is 0. The molecule has 3 aliphatic rings. The van der Waals surface area contributed by atoms with Crippen molar-refractivity contribution in [1.29, 1.82) is 0 Å². The molecule has 5 nitrogen and oxygen atoms in total. The van der Waals surface area contributed by atoms with Crippen molar-refractivity contribution in [3.05, 3.63) is 0 Å². The maximum absolute atomic E-state index is 6.03. The fourth-order valence-electron chi connectivity index (χ4n) is 2.72. The van der Waals surface area contributed by atoms with Crippen molar-refractivity contribution in [2.24, 2.45) is 5.92 Å². The minimum atomic E-state index is 0.264. The van der Waals surface area contributed by atoms with Crippen molar-refractivity contribution < 1.29 is 9.47 Å². The zero-order valence-electron chi connectivity index (χ0n) is 10.7. The SMILES string of the molecule is CCCOc1nsnc1O[C@@H]1CN2CCC1CC2. The normalized spacial score (nSPS) is 30.4. The maximum Gasteiger partial charge on any atom is 0.291 e. The molecule has 0 N–H and O–H groups in total. The summed E-state index contributed by atoms with van der Waals surface area (Å²) < 4.78 is 19.9. The molecule has 4 heterocycles. The van der Waals surface area contributed by atoms with Gasteiger partial charge in [-0.25, -0.2) is 0 Å². The Bertz CT molecular complexity index is 390. The molecule has 0 amide bonds. The van der Waals surface area contributed by atoms with Crippen LogP contribution >= 0.6 is 11.7 Å². The lowest BCUT2D eigenvalue weighted by molar-refractivity contribution is -0.0110. The van der Waals surface area contributed by atoms with Crippen molar-refractivity contribution in [1.82, 2.24) is 13.6 Å². The smallest absolute Gasteiger partial charge is 0.291 e. The van der Waals surface area contributed by atoms with E-state index >= 15 is 0 Å². The van der Waals surface area contributed by atoms with Crippen LogP contribution in [0.15, 0.2) is 0 Å². The molecule has 4 rings (SSSR count). The fraction of sp³-hybridized carbons (Fsp3) is 0.833. The molecule has 3 fully saturated rings. The van der Waals surface area contributed by atoms with E-state index in [1.807, 2.05) is 0 Å². The first-order valence-electron chi connectivity index (χ1n) is 6.71. The molecular formula is C12H19N3O2S. The second-order valence-corrected chi connectivity index (χ2v) is 5.55. The Morgan fingerprint density at radius 2 is 2.06 bits per heavy atom. The average Bonchev–Trinajstić information content (AvgIpc) is 2.85. The van der Waals surface area contributed by atoms with Crippen LogP contribution in [0.4, 0.5) is 0 Å². The number of nitrogens with zero attached hydrogens (tertiary/aromatic N) is 3. The Morgan fingerprint density at radius 3 is 2.72 bits per heavy atom. The second kappa shape index (κ2) is 5.40. The number of piperidine rings is 3. The molecule has 100 valence electrons. The average molecular weight is 269 g/mol. The van der Waals surface area contributed by atoms with Gasteiger partial charge < -0.3 is 9.47 Å². The maximum atomic E-state index is 6.03. The Labute approximate surface area is 111 Å². The molecule has 0 saturated carbocycles. The van der Waals surface area contributed by atoms with E-state index in [9.17, 15) is 0 Å². The van der Waals surface area contributed by atoms with Crippen LogP contribution in [-0.2, 0) is 0 Å². The number of hydrogen-bond acceptors (Lipinski definition) is 6. The van der Waals surface area contributed by atoms with Gasteiger partial charge in [-0.3, -0.25) is 4.90 Å². The zero-order valence-corrected chi connectivity index (χ0v) is 11.5. The lowest BCUT2D eigenvalue weighted by Crippen LogP contribution is -2.52. The number of aromatic nitrogens is 2. The van der Waals surface area contributed by atoms with Crippen molar-refractivity contribution in [2.75, 3.05) is 26.2 Å². The first-order chi connectivity index (χ1) is 8.86. The zero-order chi connectivity index (χ0) is 12.4. The van der Waals surface area contributed by atoms with Crippen LogP contribution in [0.1, 0.15) is 26.2 Å². The number of hydrogen-bond donors (Lipinski definition) is 0. The van der Waals surface area contributed by atoms with Crippen molar-refractivity contribution >= 4 is 11.7 Å². The molecule has 0 aliphatic carbocycles. The summed E-state index contributed by atoms with van der Waals surface area (Å²) in [4.78, 5) is 2.47. The van der Waals surface area contributed by atoms with Gasteiger partial charge in [0.15, 0.2) is 0 Å². The monoisotopic (exact) mass is 269 g/mol. The topological polar surface area (TPSA) is 47.5 Å². The van der Waals surface area contributed by atoms with E-state index in [0.29, 0.717) is 24.3 Å². The summed E-state index contributed by atoms with van der Waals surface area (Å²) in [5.74, 6) is 1.83. The van der Waals surface area contributed by atoms with Crippen molar-refractivity contribution in [2.45, 2.75) is 32.3 Å². The van der Waals surface area contributed by atoms with Gasteiger partial charge in [-0.05, 0) is 38.3 Å². The van der Waals surface area contributed by atoms with Gasteiger partial charge in [-0.15, -0.1) is 8.75 Å². The van der Waals surface area contributed by atoms with Crippen LogP contribution in [0.3, 0.4) is 0 Å². The Kier molecular flexibility index (Phi) is 3.65. The van der Waals surface area contributed by atoms with E-state index in [1.54, 1.807) is 0 Å². The Hall–Kier alpha value is -0.880. The summed E-state index contributed by atoms with van der Waals surface area (Å²) in [6, 6.07) is 0. The summed E-state index contributed by atoms with van der Waals surface area (Å²) in [6.07, 6.45) is 3.72. The highest BCUT2D eigenvalue weighted by Gasteiger charge is 2.36. The third kappa shape index (κ3) is 2.44. The number of rotatable bonds is 5. The highest BCUT2D eigenvalue weighted by atomic mass is 32.1. The fourth-order valence-corrected chi connectivity index (χ4v) is 3.16. The Balaban J connectivity index is 1.63. The van der Waals surface area contributed by atoms with Gasteiger partial charge >= 0.3 is 0 Å². The molecular weight excluding hydrogens is 250 g/mol. The van der Waals surface area contributed by atoms with E-state index < -0.39 is 0 Å². The molecule has 0 aromatic carbocycles. The molecule has 0 spiro atoms. The molecule has 0 unspecified atom stereocenters. The van der Waals surface area contributed by atoms with Crippen LogP contribution in [0.25, 0.3) is 0 Å². The summed E-state index contributed by atoms with van der Waals surface area (Å²) >= 11 is 1.16. The highest BCUT2D eigenvalue weighted by molar-refractivity contribution is 6.99. The summed E-state index contributed by atoms with van der Waals surface area (Å²) in [7, 11) is 0. The quantitative estimate of drug-likeness (QED) is 0.815. The highest BCUT2D eigenvalue weighted by Crippen LogP contribution is 2.33. The van der Waals surface area contributed by atoms with Gasteiger partial charge in [0.1, 0.15) is 6.10 Å². The van der Waals surface area contributed by atoms with Crippen LogP contribution in [0.5, 0.6) is 11.8 Å². The minimum absolute atomic E-state index is 0.264. The van der Waals surface area contributed by atoms with Crippen LogP contribution in [0, 0.1) is 5.92 Å². The molecule has 2 bridgehead atoms. The van der Waals surface area contributed by atoms with Gasteiger partial charge in [-0.2, -0.15) is 0 Å². The second-order valence-electron chi connectivity index (χ2n) is 5.02. The van der Waals surface area contributed by atoms with Crippen molar-refractivity contribution in [3.8, 4) is 11.8 Å². The number of fused-ring (bicyclic) bond motifs is 3.